The number of ketones is 1. The van der Waals surface area contributed by atoms with Gasteiger partial charge in [-0.25, -0.2) is 4.98 Å². The highest BCUT2D eigenvalue weighted by molar-refractivity contribution is 7.54. The molecule has 3 amide bonds. The Morgan fingerprint density at radius 3 is 2.27 bits per heavy atom. The summed E-state index contributed by atoms with van der Waals surface area (Å²) < 4.78 is 0. The number of hydrogen-bond donors (Lipinski definition) is 6. The summed E-state index contributed by atoms with van der Waals surface area (Å²) in [5.41, 5.74) is 5.89. The van der Waals surface area contributed by atoms with Gasteiger partial charge >= 0.3 is 0 Å². The molecular formula is C26H46N9O4P. The van der Waals surface area contributed by atoms with E-state index in [-0.39, 0.29) is 23.9 Å². The predicted molar refractivity (Wildman–Crippen MR) is 156 cm³/mol. The quantitative estimate of drug-likeness (QED) is 0.0777. The van der Waals surface area contributed by atoms with Crippen LogP contribution in [0.5, 0.6) is 0 Å². The molecule has 0 aromatic carbocycles. The molecule has 1 aliphatic rings. The lowest BCUT2D eigenvalue weighted by atomic mass is 9.84. The summed E-state index contributed by atoms with van der Waals surface area (Å²) in [5, 5.41) is 18.0. The molecule has 40 heavy (non-hydrogen) atoms. The van der Waals surface area contributed by atoms with Gasteiger partial charge in [-0.05, 0) is 66.9 Å². The molecule has 0 spiro atoms. The minimum Gasteiger partial charge on any atom is -0.370 e. The topological polar surface area (TPSA) is 196 Å². The van der Waals surface area contributed by atoms with Crippen LogP contribution in [-0.2, 0) is 14.4 Å². The van der Waals surface area contributed by atoms with Gasteiger partial charge in [-0.3, -0.25) is 29.3 Å². The zero-order valence-corrected chi connectivity index (χ0v) is 25.3. The smallest absolute Gasteiger partial charge is 0.291 e. The van der Waals surface area contributed by atoms with E-state index < -0.39 is 43.9 Å². The van der Waals surface area contributed by atoms with E-state index in [1.165, 1.54) is 6.92 Å². The van der Waals surface area contributed by atoms with Gasteiger partial charge in [-0.15, -0.1) is 5.10 Å². The molecule has 0 bridgehead atoms. The molecule has 1 saturated carbocycles. The number of rotatable bonds is 15. The van der Waals surface area contributed by atoms with Crippen molar-refractivity contribution >= 4 is 37.5 Å². The molecule has 3 unspecified atom stereocenters. The molecule has 1 aromatic heterocycles. The van der Waals surface area contributed by atoms with Crippen molar-refractivity contribution in [3.8, 4) is 0 Å². The maximum atomic E-state index is 13.6. The first kappa shape index (κ1) is 33.1. The molecule has 0 radical (unpaired) electrons. The number of aliphatic imine (C=N–C) groups is 1. The summed E-state index contributed by atoms with van der Waals surface area (Å²) in [7, 11) is -0.456. The normalized spacial score (nSPS) is 16.6. The Morgan fingerprint density at radius 2 is 1.70 bits per heavy atom. The van der Waals surface area contributed by atoms with E-state index in [9.17, 15) is 19.2 Å². The first-order valence-electron chi connectivity index (χ1n) is 14.0. The fourth-order valence-corrected chi connectivity index (χ4v) is 5.25. The number of aromatic nitrogens is 3. The number of carbonyl (C=O) groups is 4. The highest BCUT2D eigenvalue weighted by atomic mass is 31.1. The number of guanidine groups is 1. The summed E-state index contributed by atoms with van der Waals surface area (Å²) in [4.78, 5) is 60.0. The third-order valence-corrected chi connectivity index (χ3v) is 7.51. The van der Waals surface area contributed by atoms with E-state index in [1.807, 2.05) is 13.3 Å². The second-order valence-electron chi connectivity index (χ2n) is 10.6. The Bertz CT molecular complexity index is 1020. The fourth-order valence-electron chi connectivity index (χ4n) is 4.72. The third-order valence-electron chi connectivity index (χ3n) is 6.84. The van der Waals surface area contributed by atoms with Gasteiger partial charge in [0, 0.05) is 6.54 Å². The van der Waals surface area contributed by atoms with Crippen LogP contribution in [0.4, 0.5) is 0 Å². The van der Waals surface area contributed by atoms with E-state index in [4.69, 9.17) is 5.73 Å². The largest absolute Gasteiger partial charge is 0.370 e. The number of Topliss-reactive ketones (excluding diaryl/α,β-unsaturated/α-hetero) is 1. The summed E-state index contributed by atoms with van der Waals surface area (Å²) in [6.45, 7) is 9.29. The first-order chi connectivity index (χ1) is 19.0. The van der Waals surface area contributed by atoms with Gasteiger partial charge in [0.1, 0.15) is 17.9 Å². The Hall–Kier alpha value is -3.08. The molecule has 7 N–H and O–H groups in total. The summed E-state index contributed by atoms with van der Waals surface area (Å²) in [6, 6.07) is -2.44. The van der Waals surface area contributed by atoms with E-state index in [0.29, 0.717) is 37.6 Å². The van der Waals surface area contributed by atoms with Crippen molar-refractivity contribution in [3.05, 3.63) is 11.6 Å². The van der Waals surface area contributed by atoms with Crippen molar-refractivity contribution in [2.24, 2.45) is 16.6 Å². The second-order valence-corrected chi connectivity index (χ2v) is 12.6. The Labute approximate surface area is 237 Å². The van der Waals surface area contributed by atoms with Crippen molar-refractivity contribution in [2.45, 2.75) is 96.7 Å². The molecule has 224 valence electrons. The Kier molecular flexibility index (Phi) is 14.0. The van der Waals surface area contributed by atoms with Crippen molar-refractivity contribution in [1.82, 2.24) is 36.2 Å². The average molecular weight is 580 g/mol. The Balaban J connectivity index is 2.17. The van der Waals surface area contributed by atoms with E-state index >= 15 is 0 Å². The van der Waals surface area contributed by atoms with Crippen LogP contribution in [0.15, 0.2) is 4.99 Å². The van der Waals surface area contributed by atoms with Gasteiger partial charge in [-0.2, -0.15) is 0 Å². The number of H-pyrrole nitrogens is 1. The van der Waals surface area contributed by atoms with E-state index in [2.05, 4.69) is 41.2 Å². The van der Waals surface area contributed by atoms with Crippen LogP contribution in [0.1, 0.15) is 88.1 Å². The summed E-state index contributed by atoms with van der Waals surface area (Å²) in [6.07, 6.45) is 6.91. The van der Waals surface area contributed by atoms with Crippen LogP contribution in [-0.4, -0.2) is 82.6 Å². The lowest BCUT2D eigenvalue weighted by Crippen LogP contribution is -2.56. The highest BCUT2D eigenvalue weighted by Gasteiger charge is 2.31. The molecule has 0 aliphatic heterocycles. The number of nitrogens with one attached hydrogen (secondary N) is 5. The predicted octanol–water partition coefficient (Wildman–Crippen LogP) is 1.49. The van der Waals surface area contributed by atoms with E-state index in [1.54, 1.807) is 13.8 Å². The maximum absolute atomic E-state index is 13.6. The molecule has 1 heterocycles. The minimum atomic E-state index is -0.920. The first-order valence-corrected chi connectivity index (χ1v) is 16.3. The molecule has 2 rings (SSSR count). The van der Waals surface area contributed by atoms with Crippen LogP contribution in [0.3, 0.4) is 0 Å². The van der Waals surface area contributed by atoms with Crippen LogP contribution in [0.25, 0.3) is 0 Å². The molecule has 14 heteroatoms. The third kappa shape index (κ3) is 11.6. The van der Waals surface area contributed by atoms with Gasteiger partial charge in [0.15, 0.2) is 11.7 Å². The number of hydrogen-bond acceptors (Lipinski definition) is 7. The van der Waals surface area contributed by atoms with Crippen LogP contribution in [0, 0.1) is 12.8 Å². The molecule has 0 saturated heterocycles. The van der Waals surface area contributed by atoms with Crippen LogP contribution < -0.4 is 26.8 Å². The number of carbonyl (C=O) groups excluding carboxylic acids is 4. The van der Waals surface area contributed by atoms with Crippen molar-refractivity contribution in [1.29, 1.82) is 0 Å². The SMILES string of the molecule is CCC(NC(=O)C(CCCN=C(N)NP(C)C)NC(=O)C(CC1CCCCC1)NC(=O)c1n[nH]c(C)n1)C(C)=O. The number of amides is 3. The van der Waals surface area contributed by atoms with Crippen LogP contribution in [0.2, 0.25) is 0 Å². The van der Waals surface area contributed by atoms with Gasteiger partial charge in [-0.1, -0.05) is 39.0 Å². The number of aryl methyl sites for hydroxylation is 1. The summed E-state index contributed by atoms with van der Waals surface area (Å²) >= 11 is 0. The van der Waals surface area contributed by atoms with Gasteiger partial charge in [0.25, 0.3) is 5.91 Å². The number of nitrogens with zero attached hydrogens (tertiary/aromatic N) is 3. The molecular weight excluding hydrogens is 533 g/mol. The van der Waals surface area contributed by atoms with Gasteiger partial charge in [0.05, 0.1) is 6.04 Å². The molecule has 1 aliphatic carbocycles. The summed E-state index contributed by atoms with van der Waals surface area (Å²) in [5.74, 6) is -0.594. The lowest BCUT2D eigenvalue weighted by Gasteiger charge is -2.28. The molecule has 13 nitrogen and oxygen atoms in total. The van der Waals surface area contributed by atoms with Gasteiger partial charge in [0.2, 0.25) is 17.6 Å². The number of nitrogens with two attached hydrogens (primary N) is 1. The van der Waals surface area contributed by atoms with Gasteiger partial charge < -0.3 is 26.8 Å². The molecule has 1 fully saturated rings. The van der Waals surface area contributed by atoms with Crippen LogP contribution >= 0.6 is 8.07 Å². The zero-order valence-electron chi connectivity index (χ0n) is 24.4. The maximum Gasteiger partial charge on any atom is 0.291 e. The van der Waals surface area contributed by atoms with E-state index in [0.717, 1.165) is 32.1 Å². The highest BCUT2D eigenvalue weighted by Crippen LogP contribution is 2.27. The number of aromatic amines is 1. The zero-order chi connectivity index (χ0) is 29.7. The average Bonchev–Trinajstić information content (AvgIpc) is 3.34. The molecule has 3 atom stereocenters. The molecule has 1 aromatic rings. The second kappa shape index (κ2) is 16.9. The fraction of sp³-hybridized carbons (Fsp3) is 0.731. The Morgan fingerprint density at radius 1 is 1.05 bits per heavy atom. The lowest BCUT2D eigenvalue weighted by molar-refractivity contribution is -0.132. The standard InChI is InChI=1S/C26H46N9O4P/c1-6-19(16(2)36)30-23(37)20(13-10-14-28-26(27)35-40(4)5)31-24(38)21(15-18-11-8-7-9-12-18)32-25(39)22-29-17(3)33-34-22/h18-21H,6-15H2,1-5H3,(H,30,37)(H,31,38)(H,32,39)(H3,27,28,35)(H,29,33,34). The van der Waals surface area contributed by atoms with Crippen molar-refractivity contribution in [2.75, 3.05) is 19.9 Å². The van der Waals surface area contributed by atoms with Crippen molar-refractivity contribution in [3.63, 3.8) is 0 Å². The minimum absolute atomic E-state index is 0.0487. The monoisotopic (exact) mass is 579 g/mol. The van der Waals surface area contributed by atoms with Crippen molar-refractivity contribution < 1.29 is 19.2 Å².